The van der Waals surface area contributed by atoms with Crippen LogP contribution in [0.25, 0.3) is 0 Å². The highest BCUT2D eigenvalue weighted by Crippen LogP contribution is 2.48. The molecule has 1 aliphatic carbocycles. The molecule has 0 radical (unpaired) electrons. The van der Waals surface area contributed by atoms with Gasteiger partial charge >= 0.3 is 0 Å². The predicted octanol–water partition coefficient (Wildman–Crippen LogP) is 5.24. The van der Waals surface area contributed by atoms with Crippen LogP contribution in [-0.4, -0.2) is 13.6 Å². The zero-order valence-electron chi connectivity index (χ0n) is 13.5. The minimum atomic E-state index is -0.185. The van der Waals surface area contributed by atoms with Gasteiger partial charge in [-0.1, -0.05) is 32.4 Å². The van der Waals surface area contributed by atoms with E-state index in [2.05, 4.69) is 26.1 Å². The number of hydrogen-bond acceptors (Lipinski definition) is 1. The van der Waals surface area contributed by atoms with Crippen molar-refractivity contribution in [2.24, 2.45) is 17.3 Å². The summed E-state index contributed by atoms with van der Waals surface area (Å²) in [6, 6.07) is 4.78. The van der Waals surface area contributed by atoms with Crippen LogP contribution in [0.4, 0.5) is 4.39 Å². The van der Waals surface area contributed by atoms with Crippen molar-refractivity contribution in [1.82, 2.24) is 5.32 Å². The van der Waals surface area contributed by atoms with Crippen LogP contribution < -0.4 is 5.32 Å². The highest BCUT2D eigenvalue weighted by molar-refractivity contribution is 6.31. The third-order valence-corrected chi connectivity index (χ3v) is 5.39. The first-order valence-corrected chi connectivity index (χ1v) is 8.30. The third kappa shape index (κ3) is 3.98. The average Bonchev–Trinajstić information content (AvgIpc) is 2.41. The molecule has 2 rings (SSSR count). The van der Waals surface area contributed by atoms with E-state index in [1.54, 1.807) is 12.1 Å². The molecule has 0 aliphatic heterocycles. The molecule has 0 spiro atoms. The van der Waals surface area contributed by atoms with Crippen molar-refractivity contribution in [3.63, 3.8) is 0 Å². The number of benzene rings is 1. The average molecular weight is 312 g/mol. The quantitative estimate of drug-likeness (QED) is 0.804. The first-order valence-electron chi connectivity index (χ1n) is 7.92. The van der Waals surface area contributed by atoms with Crippen molar-refractivity contribution >= 4 is 11.6 Å². The molecule has 1 fully saturated rings. The lowest BCUT2D eigenvalue weighted by molar-refractivity contribution is 0.130. The van der Waals surface area contributed by atoms with Crippen molar-refractivity contribution in [3.05, 3.63) is 34.6 Å². The fourth-order valence-corrected chi connectivity index (χ4v) is 3.96. The molecule has 1 nitrogen and oxygen atoms in total. The zero-order chi connectivity index (χ0) is 15.6. The van der Waals surface area contributed by atoms with Crippen molar-refractivity contribution in [2.75, 3.05) is 13.6 Å². The van der Waals surface area contributed by atoms with Gasteiger partial charge in [0.15, 0.2) is 0 Å². The summed E-state index contributed by atoms with van der Waals surface area (Å²) in [7, 11) is 1.99. The summed E-state index contributed by atoms with van der Waals surface area (Å²) in [5.41, 5.74) is 1.29. The van der Waals surface area contributed by atoms with Crippen LogP contribution in [-0.2, 0) is 0 Å². The number of halogens is 2. The lowest BCUT2D eigenvalue weighted by Crippen LogP contribution is -2.35. The Labute approximate surface area is 133 Å². The van der Waals surface area contributed by atoms with Crippen LogP contribution in [0.1, 0.15) is 51.5 Å². The van der Waals surface area contributed by atoms with Crippen molar-refractivity contribution in [2.45, 2.75) is 46.0 Å². The normalized spacial score (nSPS) is 26.9. The third-order valence-electron chi connectivity index (χ3n) is 5.04. The first-order chi connectivity index (χ1) is 9.82. The molecule has 3 atom stereocenters. The Balaban J connectivity index is 2.31. The summed E-state index contributed by atoms with van der Waals surface area (Å²) < 4.78 is 13.7. The number of rotatable bonds is 3. The van der Waals surface area contributed by atoms with Crippen LogP contribution in [0.3, 0.4) is 0 Å². The largest absolute Gasteiger partial charge is 0.319 e. The molecule has 0 heterocycles. The second-order valence-electron chi connectivity index (χ2n) is 7.47. The predicted molar refractivity (Wildman–Crippen MR) is 88.4 cm³/mol. The molecule has 118 valence electrons. The fraction of sp³-hybridized carbons (Fsp3) is 0.667. The molecule has 0 aromatic heterocycles. The van der Waals surface area contributed by atoms with E-state index < -0.39 is 0 Å². The van der Waals surface area contributed by atoms with Crippen LogP contribution in [0, 0.1) is 23.1 Å². The second-order valence-corrected chi connectivity index (χ2v) is 7.87. The molecule has 1 aliphatic rings. The molecular formula is C18H27ClFN. The Kier molecular flexibility index (Phi) is 5.32. The SMILES string of the molecule is CNCC1CCC(C(C)(C)C)CC1c1cc(F)ccc1Cl. The van der Waals surface area contributed by atoms with Gasteiger partial charge in [0.05, 0.1) is 0 Å². The molecule has 1 aromatic rings. The molecule has 0 amide bonds. The van der Waals surface area contributed by atoms with Crippen LogP contribution in [0.2, 0.25) is 5.02 Å². The van der Waals surface area contributed by atoms with Crippen LogP contribution in [0.15, 0.2) is 18.2 Å². The zero-order valence-corrected chi connectivity index (χ0v) is 14.3. The van der Waals surface area contributed by atoms with Crippen LogP contribution >= 0.6 is 11.6 Å². The van der Waals surface area contributed by atoms with Gasteiger partial charge in [-0.25, -0.2) is 4.39 Å². The van der Waals surface area contributed by atoms with E-state index in [0.717, 1.165) is 18.5 Å². The minimum Gasteiger partial charge on any atom is -0.319 e. The highest BCUT2D eigenvalue weighted by Gasteiger charge is 2.37. The molecule has 1 aromatic carbocycles. The number of nitrogens with one attached hydrogen (secondary N) is 1. The Morgan fingerprint density at radius 2 is 2.00 bits per heavy atom. The molecule has 3 heteroatoms. The summed E-state index contributed by atoms with van der Waals surface area (Å²) in [6.07, 6.45) is 3.53. The van der Waals surface area contributed by atoms with Crippen molar-refractivity contribution in [1.29, 1.82) is 0 Å². The highest BCUT2D eigenvalue weighted by atomic mass is 35.5. The van der Waals surface area contributed by atoms with E-state index >= 15 is 0 Å². The van der Waals surface area contributed by atoms with Gasteiger partial charge in [-0.3, -0.25) is 0 Å². The van der Waals surface area contributed by atoms with Crippen molar-refractivity contribution < 1.29 is 4.39 Å². The molecule has 21 heavy (non-hydrogen) atoms. The van der Waals surface area contributed by atoms with E-state index in [4.69, 9.17) is 11.6 Å². The van der Waals surface area contributed by atoms with Gasteiger partial charge in [0.2, 0.25) is 0 Å². The molecule has 0 saturated heterocycles. The maximum atomic E-state index is 13.7. The van der Waals surface area contributed by atoms with E-state index in [9.17, 15) is 4.39 Å². The van der Waals surface area contributed by atoms with E-state index in [1.165, 1.54) is 18.9 Å². The molecule has 1 N–H and O–H groups in total. The van der Waals surface area contributed by atoms with Gasteiger partial charge in [-0.15, -0.1) is 0 Å². The van der Waals surface area contributed by atoms with Gasteiger partial charge in [0.1, 0.15) is 5.82 Å². The summed E-state index contributed by atoms with van der Waals surface area (Å²) in [6.45, 7) is 7.88. The summed E-state index contributed by atoms with van der Waals surface area (Å²) >= 11 is 6.37. The molecule has 3 unspecified atom stereocenters. The fourth-order valence-electron chi connectivity index (χ4n) is 3.71. The van der Waals surface area contributed by atoms with E-state index in [0.29, 0.717) is 28.2 Å². The van der Waals surface area contributed by atoms with Gasteiger partial charge in [-0.2, -0.15) is 0 Å². The molecular weight excluding hydrogens is 285 g/mol. The maximum Gasteiger partial charge on any atom is 0.123 e. The monoisotopic (exact) mass is 311 g/mol. The maximum absolute atomic E-state index is 13.7. The smallest absolute Gasteiger partial charge is 0.123 e. The Bertz CT molecular complexity index is 481. The summed E-state index contributed by atoms with van der Waals surface area (Å²) in [5, 5.41) is 3.99. The Morgan fingerprint density at radius 3 is 2.62 bits per heavy atom. The summed E-state index contributed by atoms with van der Waals surface area (Å²) in [5.74, 6) is 1.36. The van der Waals surface area contributed by atoms with Gasteiger partial charge in [-0.05, 0) is 79.8 Å². The topological polar surface area (TPSA) is 12.0 Å². The Morgan fingerprint density at radius 1 is 1.29 bits per heavy atom. The number of hydrogen-bond donors (Lipinski definition) is 1. The molecule has 1 saturated carbocycles. The standard InChI is InChI=1S/C18H27ClFN/c1-18(2,3)13-6-5-12(11-21-4)15(9-13)16-10-14(20)7-8-17(16)19/h7-8,10,12-13,15,21H,5-6,9,11H2,1-4H3. The van der Waals surface area contributed by atoms with Gasteiger partial charge in [0, 0.05) is 5.02 Å². The molecule has 0 bridgehead atoms. The van der Waals surface area contributed by atoms with Gasteiger partial charge < -0.3 is 5.32 Å². The van der Waals surface area contributed by atoms with Crippen molar-refractivity contribution in [3.8, 4) is 0 Å². The lowest BCUT2D eigenvalue weighted by atomic mass is 9.64. The van der Waals surface area contributed by atoms with Gasteiger partial charge in [0.25, 0.3) is 0 Å². The van der Waals surface area contributed by atoms with E-state index in [-0.39, 0.29) is 5.82 Å². The van der Waals surface area contributed by atoms with Crippen LogP contribution in [0.5, 0.6) is 0 Å². The summed E-state index contributed by atoms with van der Waals surface area (Å²) in [4.78, 5) is 0. The lowest BCUT2D eigenvalue weighted by Gasteiger charge is -2.42. The Hall–Kier alpha value is -0.600. The second kappa shape index (κ2) is 6.66. The van der Waals surface area contributed by atoms with E-state index in [1.807, 2.05) is 7.05 Å². The minimum absolute atomic E-state index is 0.185. The first kappa shape index (κ1) is 16.8.